The largest absolute Gasteiger partial charge is 0.352 e. The fourth-order valence-electron chi connectivity index (χ4n) is 3.26. The van der Waals surface area contributed by atoms with Crippen LogP contribution in [0.15, 0.2) is 89.8 Å². The maximum Gasteiger partial charge on any atom is 0.264 e. The van der Waals surface area contributed by atoms with Gasteiger partial charge < -0.3 is 10.2 Å². The van der Waals surface area contributed by atoms with Gasteiger partial charge in [0.2, 0.25) is 0 Å². The summed E-state index contributed by atoms with van der Waals surface area (Å²) in [7, 11) is 0.244. The Morgan fingerprint density at radius 3 is 2.03 bits per heavy atom. The average Bonchev–Trinajstić information content (AvgIpc) is 2.81. The molecule has 7 heteroatoms. The number of amides is 1. The zero-order chi connectivity index (χ0) is 23.0. The zero-order valence-corrected chi connectivity index (χ0v) is 19.3. The second-order valence-corrected chi connectivity index (χ2v) is 9.63. The van der Waals surface area contributed by atoms with E-state index in [2.05, 4.69) is 10.2 Å². The van der Waals surface area contributed by atoms with Crippen LogP contribution in [0.3, 0.4) is 0 Å². The Bertz CT molecular complexity index is 1100. The minimum Gasteiger partial charge on any atom is -0.352 e. The average molecular weight is 452 g/mol. The van der Waals surface area contributed by atoms with Crippen molar-refractivity contribution in [1.29, 1.82) is 0 Å². The van der Waals surface area contributed by atoms with E-state index in [1.165, 1.54) is 4.31 Å². The smallest absolute Gasteiger partial charge is 0.264 e. The van der Waals surface area contributed by atoms with Gasteiger partial charge in [-0.2, -0.15) is 0 Å². The van der Waals surface area contributed by atoms with Crippen LogP contribution >= 0.6 is 0 Å². The van der Waals surface area contributed by atoms with Crippen LogP contribution in [-0.2, 0) is 16.6 Å². The quantitative estimate of drug-likeness (QED) is 0.477. The number of rotatable bonds is 10. The minimum atomic E-state index is -3.75. The third kappa shape index (κ3) is 6.18. The van der Waals surface area contributed by atoms with Gasteiger partial charge in [0.05, 0.1) is 17.1 Å². The van der Waals surface area contributed by atoms with E-state index in [0.29, 0.717) is 17.8 Å². The third-order valence-electron chi connectivity index (χ3n) is 4.99. The summed E-state index contributed by atoms with van der Waals surface area (Å²) in [5.74, 6) is -0.132. The molecule has 0 atom stereocenters. The molecule has 3 aromatic rings. The molecule has 0 unspecified atom stereocenters. The molecule has 168 valence electrons. The Hall–Kier alpha value is -3.16. The van der Waals surface area contributed by atoms with Crippen LogP contribution in [0.5, 0.6) is 0 Å². The lowest BCUT2D eigenvalue weighted by atomic mass is 10.1. The molecule has 0 aliphatic carbocycles. The molecule has 32 heavy (non-hydrogen) atoms. The Morgan fingerprint density at radius 1 is 0.844 bits per heavy atom. The van der Waals surface area contributed by atoms with Gasteiger partial charge in [-0.25, -0.2) is 8.42 Å². The summed E-state index contributed by atoms with van der Waals surface area (Å²) in [6.45, 7) is 1.67. The molecule has 6 nitrogen and oxygen atoms in total. The van der Waals surface area contributed by atoms with Crippen LogP contribution in [0.25, 0.3) is 0 Å². The molecular formula is C25H29N3O3S. The lowest BCUT2D eigenvalue weighted by molar-refractivity contribution is 0.0952. The van der Waals surface area contributed by atoms with Crippen LogP contribution in [0.1, 0.15) is 22.3 Å². The lowest BCUT2D eigenvalue weighted by Gasteiger charge is -2.25. The van der Waals surface area contributed by atoms with Gasteiger partial charge in [0.1, 0.15) is 0 Å². The first-order chi connectivity index (χ1) is 15.4. The molecule has 0 aliphatic rings. The molecule has 1 N–H and O–H groups in total. The summed E-state index contributed by atoms with van der Waals surface area (Å²) in [6.07, 6.45) is 0.875. The number of nitrogens with zero attached hydrogens (tertiary/aromatic N) is 2. The summed E-state index contributed by atoms with van der Waals surface area (Å²) < 4.78 is 28.1. The topological polar surface area (TPSA) is 69.7 Å². The highest BCUT2D eigenvalue weighted by atomic mass is 32.2. The molecular weight excluding hydrogens is 422 g/mol. The molecule has 0 saturated heterocycles. The van der Waals surface area contributed by atoms with E-state index in [1.54, 1.807) is 66.7 Å². The molecule has 0 fully saturated rings. The summed E-state index contributed by atoms with van der Waals surface area (Å²) in [5.41, 5.74) is 1.92. The van der Waals surface area contributed by atoms with Gasteiger partial charge in [-0.3, -0.25) is 9.10 Å². The number of hydrogen-bond acceptors (Lipinski definition) is 4. The number of anilines is 1. The first-order valence-corrected chi connectivity index (χ1v) is 12.0. The number of hydrogen-bond donors (Lipinski definition) is 1. The molecule has 0 radical (unpaired) electrons. The summed E-state index contributed by atoms with van der Waals surface area (Å²) in [5, 5.41) is 2.91. The number of carbonyl (C=O) groups excluding carboxylic acids is 1. The Labute approximate surface area is 190 Å². The molecule has 3 rings (SSSR count). The van der Waals surface area contributed by atoms with Gasteiger partial charge in [-0.05, 0) is 69.0 Å². The van der Waals surface area contributed by atoms with Crippen molar-refractivity contribution in [2.75, 3.05) is 31.5 Å². The van der Waals surface area contributed by atoms with Gasteiger partial charge in [-0.1, -0.05) is 48.5 Å². The van der Waals surface area contributed by atoms with Crippen LogP contribution < -0.4 is 9.62 Å². The monoisotopic (exact) mass is 451 g/mol. The van der Waals surface area contributed by atoms with Crippen molar-refractivity contribution < 1.29 is 13.2 Å². The maximum absolute atomic E-state index is 13.4. The molecule has 0 heterocycles. The molecule has 0 spiro atoms. The first kappa shape index (κ1) is 23.5. The minimum absolute atomic E-state index is 0.132. The molecule has 0 aliphatic heterocycles. The van der Waals surface area contributed by atoms with Crippen LogP contribution in [0, 0.1) is 0 Å². The van der Waals surface area contributed by atoms with E-state index in [9.17, 15) is 13.2 Å². The van der Waals surface area contributed by atoms with E-state index >= 15 is 0 Å². The predicted octanol–water partition coefficient (Wildman–Crippen LogP) is 3.76. The van der Waals surface area contributed by atoms with Crippen molar-refractivity contribution >= 4 is 21.6 Å². The van der Waals surface area contributed by atoms with Crippen LogP contribution in [-0.4, -0.2) is 46.4 Å². The van der Waals surface area contributed by atoms with E-state index in [1.807, 2.05) is 32.3 Å². The number of nitrogens with one attached hydrogen (secondary N) is 1. The molecule has 0 aromatic heterocycles. The highest BCUT2D eigenvalue weighted by Crippen LogP contribution is 2.25. The maximum atomic E-state index is 13.4. The number of para-hydroxylation sites is 1. The second-order valence-electron chi connectivity index (χ2n) is 7.77. The van der Waals surface area contributed by atoms with E-state index in [0.717, 1.165) is 18.5 Å². The van der Waals surface area contributed by atoms with Crippen LogP contribution in [0.2, 0.25) is 0 Å². The standard InChI is InChI=1S/C25H29N3O3S/c1-27(2)19-9-18-26-25(29)22-16-14-21(15-17-22)20-28(23-10-5-3-6-11-23)32(30,31)24-12-7-4-8-13-24/h3-8,10-17H,9,18-20H2,1-2H3,(H,26,29). The van der Waals surface area contributed by atoms with Crippen molar-refractivity contribution in [3.8, 4) is 0 Å². The Kier molecular flexibility index (Phi) is 8.03. The molecule has 3 aromatic carbocycles. The highest BCUT2D eigenvalue weighted by molar-refractivity contribution is 7.92. The Morgan fingerprint density at radius 2 is 1.44 bits per heavy atom. The number of sulfonamides is 1. The normalized spacial score (nSPS) is 11.3. The fourth-order valence-corrected chi connectivity index (χ4v) is 4.73. The van der Waals surface area contributed by atoms with E-state index in [-0.39, 0.29) is 17.3 Å². The lowest BCUT2D eigenvalue weighted by Crippen LogP contribution is -2.30. The van der Waals surface area contributed by atoms with Gasteiger partial charge in [0.15, 0.2) is 0 Å². The predicted molar refractivity (Wildman–Crippen MR) is 128 cm³/mol. The van der Waals surface area contributed by atoms with Gasteiger partial charge in [-0.15, -0.1) is 0 Å². The number of carbonyl (C=O) groups is 1. The summed E-state index contributed by atoms with van der Waals surface area (Å²) in [6, 6.07) is 24.5. The van der Waals surface area contributed by atoms with Crippen LogP contribution in [0.4, 0.5) is 5.69 Å². The third-order valence-corrected chi connectivity index (χ3v) is 6.77. The van der Waals surface area contributed by atoms with Gasteiger partial charge >= 0.3 is 0 Å². The highest BCUT2D eigenvalue weighted by Gasteiger charge is 2.25. The molecule has 1 amide bonds. The van der Waals surface area contributed by atoms with Crippen molar-refractivity contribution in [3.05, 3.63) is 96.1 Å². The van der Waals surface area contributed by atoms with Crippen molar-refractivity contribution in [2.24, 2.45) is 0 Å². The van der Waals surface area contributed by atoms with Crippen molar-refractivity contribution in [3.63, 3.8) is 0 Å². The summed E-state index contributed by atoms with van der Waals surface area (Å²) >= 11 is 0. The first-order valence-electron chi connectivity index (χ1n) is 10.5. The molecule has 0 saturated carbocycles. The van der Waals surface area contributed by atoms with Gasteiger partial charge in [0, 0.05) is 12.1 Å². The summed E-state index contributed by atoms with van der Waals surface area (Å²) in [4.78, 5) is 14.7. The SMILES string of the molecule is CN(C)CCCNC(=O)c1ccc(CN(c2ccccc2)S(=O)(=O)c2ccccc2)cc1. The Balaban J connectivity index is 1.77. The molecule has 0 bridgehead atoms. The second kappa shape index (κ2) is 10.9. The van der Waals surface area contributed by atoms with E-state index < -0.39 is 10.0 Å². The fraction of sp³-hybridized carbons (Fsp3) is 0.240. The van der Waals surface area contributed by atoms with Crippen molar-refractivity contribution in [2.45, 2.75) is 17.9 Å². The van der Waals surface area contributed by atoms with E-state index in [4.69, 9.17) is 0 Å². The zero-order valence-electron chi connectivity index (χ0n) is 18.4. The van der Waals surface area contributed by atoms with Gasteiger partial charge in [0.25, 0.3) is 15.9 Å². The number of benzene rings is 3. The van der Waals surface area contributed by atoms with Crippen molar-refractivity contribution in [1.82, 2.24) is 10.2 Å².